The molecule has 2 aromatic rings. The fraction of sp³-hybridized carbons (Fsp3) is 0.686. The van der Waals surface area contributed by atoms with Crippen molar-refractivity contribution in [1.82, 2.24) is 4.98 Å². The Morgan fingerprint density at radius 3 is 2.62 bits per heavy atom. The third kappa shape index (κ3) is 5.13. The van der Waals surface area contributed by atoms with E-state index in [1.807, 2.05) is 18.2 Å². The first kappa shape index (κ1) is 29.5. The first-order valence-corrected chi connectivity index (χ1v) is 16.3. The summed E-state index contributed by atoms with van der Waals surface area (Å²) >= 11 is 0. The van der Waals surface area contributed by atoms with E-state index in [2.05, 4.69) is 18.8 Å². The van der Waals surface area contributed by atoms with Crippen LogP contribution in [0.1, 0.15) is 114 Å². The van der Waals surface area contributed by atoms with E-state index in [1.54, 1.807) is 13.1 Å². The number of benzene rings is 1. The van der Waals surface area contributed by atoms with Crippen molar-refractivity contribution in [2.45, 2.75) is 111 Å². The average Bonchev–Trinajstić information content (AvgIpc) is 3.53. The van der Waals surface area contributed by atoms with Crippen LogP contribution in [0.4, 0.5) is 0 Å². The van der Waals surface area contributed by atoms with Crippen molar-refractivity contribution in [3.63, 3.8) is 0 Å². The molecule has 224 valence electrons. The number of aromatic amines is 1. The number of ether oxygens (including phenoxy) is 2. The lowest BCUT2D eigenvalue weighted by atomic mass is 9.44. The van der Waals surface area contributed by atoms with E-state index in [4.69, 9.17) is 17.3 Å². The van der Waals surface area contributed by atoms with Gasteiger partial charge in [-0.25, -0.2) is 0 Å². The molecule has 8 atom stereocenters. The van der Waals surface area contributed by atoms with Gasteiger partial charge in [-0.15, -0.1) is 0 Å². The number of hydrogen-bond donors (Lipinski definition) is 1. The van der Waals surface area contributed by atoms with Crippen LogP contribution < -0.4 is 0 Å². The zero-order chi connectivity index (χ0) is 29.6. The number of aromatic nitrogens is 1. The number of hydrogen-bond acceptors (Lipinski definition) is 5. The molecule has 0 bridgehead atoms. The molecule has 8 unspecified atom stereocenters. The van der Waals surface area contributed by atoms with Crippen LogP contribution in [0.5, 0.6) is 0 Å². The minimum atomic E-state index is -0.502. The van der Waals surface area contributed by atoms with Crippen molar-refractivity contribution in [2.24, 2.45) is 40.4 Å². The van der Waals surface area contributed by atoms with Crippen molar-refractivity contribution >= 4 is 36.4 Å². The van der Waals surface area contributed by atoms with Crippen LogP contribution in [0, 0.1) is 40.4 Å². The van der Waals surface area contributed by atoms with E-state index in [0.717, 1.165) is 35.7 Å². The highest BCUT2D eigenvalue weighted by Crippen LogP contribution is 2.68. The molecule has 1 heterocycles. The predicted octanol–water partition coefficient (Wildman–Crippen LogP) is 7.28. The van der Waals surface area contributed by atoms with Crippen molar-refractivity contribution in [1.29, 1.82) is 0 Å². The zero-order valence-corrected chi connectivity index (χ0v) is 25.6. The van der Waals surface area contributed by atoms with Crippen LogP contribution in [0.25, 0.3) is 10.9 Å². The maximum absolute atomic E-state index is 12.8. The van der Waals surface area contributed by atoms with Crippen molar-refractivity contribution in [3.8, 4) is 0 Å². The van der Waals surface area contributed by atoms with E-state index in [1.165, 1.54) is 51.4 Å². The molecule has 0 aliphatic heterocycles. The number of rotatable bonds is 8. The van der Waals surface area contributed by atoms with Gasteiger partial charge in [0, 0.05) is 41.9 Å². The number of nitrogens with one attached hydrogen (secondary N) is 1. The van der Waals surface area contributed by atoms with Gasteiger partial charge in [0.05, 0.1) is 0 Å². The van der Waals surface area contributed by atoms with Crippen LogP contribution in [-0.2, 0) is 25.7 Å². The van der Waals surface area contributed by atoms with Gasteiger partial charge in [0.25, 0.3) is 0 Å². The summed E-state index contributed by atoms with van der Waals surface area (Å²) in [5, 5.41) is 0.724. The van der Waals surface area contributed by atoms with Gasteiger partial charge in [0.15, 0.2) is 7.85 Å². The molecule has 1 aromatic heterocycles. The molecule has 42 heavy (non-hydrogen) atoms. The van der Waals surface area contributed by atoms with E-state index in [0.29, 0.717) is 47.0 Å². The summed E-state index contributed by atoms with van der Waals surface area (Å²) in [7, 11) is 5.54. The maximum atomic E-state index is 12.8. The Morgan fingerprint density at radius 1 is 1.02 bits per heavy atom. The summed E-state index contributed by atoms with van der Waals surface area (Å²) in [6, 6.07) is 5.63. The molecular formula is C35H46BNO5. The summed E-state index contributed by atoms with van der Waals surface area (Å²) in [6.07, 6.45) is 15.1. The van der Waals surface area contributed by atoms with Gasteiger partial charge >= 0.3 is 11.9 Å². The molecule has 1 N–H and O–H groups in total. The molecule has 0 amide bonds. The SMILES string of the molecule is [B]C(=O)c1c[nH]c2cccc(COC(=O)CCCC3CCC4C5C(OC(C)=O)CC6CCCCC6(C)C5CCC34C)c12. The van der Waals surface area contributed by atoms with Gasteiger partial charge in [-0.2, -0.15) is 0 Å². The van der Waals surface area contributed by atoms with Crippen LogP contribution >= 0.6 is 0 Å². The smallest absolute Gasteiger partial charge is 0.306 e. The van der Waals surface area contributed by atoms with Crippen LogP contribution in [-0.4, -0.2) is 36.6 Å². The Morgan fingerprint density at radius 2 is 1.83 bits per heavy atom. The largest absolute Gasteiger partial charge is 0.462 e. The standard InChI is InChI=1S/C35H46BNO5/c1-21(38)42-29-18-24-9-4-5-16-34(24,2)27-15-17-35(3)23(13-14-26(35)32(27)29)10-7-12-30(39)41-20-22-8-6-11-28-31(22)25(19-37-28)33(36)40/h6,8,11,19,23-24,26-27,29,32,37H,4-5,7,9-10,12-18,20H2,1-3H3. The Balaban J connectivity index is 1.08. The lowest BCUT2D eigenvalue weighted by Gasteiger charge is -2.62. The molecule has 6 rings (SSSR count). The number of carbonyl (C=O) groups excluding carboxylic acids is 3. The Bertz CT molecular complexity index is 1350. The summed E-state index contributed by atoms with van der Waals surface area (Å²) in [6.45, 7) is 6.76. The highest BCUT2D eigenvalue weighted by molar-refractivity contribution is 6.63. The lowest BCUT2D eigenvalue weighted by Crippen LogP contribution is -2.58. The molecule has 4 fully saturated rings. The fourth-order valence-corrected chi connectivity index (χ4v) is 10.4. The third-order valence-corrected chi connectivity index (χ3v) is 12.5. The second kappa shape index (κ2) is 11.5. The Labute approximate surface area is 251 Å². The van der Waals surface area contributed by atoms with Crippen LogP contribution in [0.2, 0.25) is 0 Å². The van der Waals surface area contributed by atoms with Crippen LogP contribution in [0.3, 0.4) is 0 Å². The average molecular weight is 572 g/mol. The van der Waals surface area contributed by atoms with Crippen LogP contribution in [0.15, 0.2) is 24.4 Å². The van der Waals surface area contributed by atoms with Crippen molar-refractivity contribution < 1.29 is 23.9 Å². The van der Waals surface area contributed by atoms with E-state index in [9.17, 15) is 14.4 Å². The molecule has 4 aliphatic carbocycles. The zero-order valence-electron chi connectivity index (χ0n) is 25.6. The summed E-state index contributed by atoms with van der Waals surface area (Å²) in [5.74, 6) is 2.62. The number of esters is 2. The van der Waals surface area contributed by atoms with Gasteiger partial charge < -0.3 is 19.3 Å². The quantitative estimate of drug-likeness (QED) is 0.266. The second-order valence-electron chi connectivity index (χ2n) is 14.4. The minimum Gasteiger partial charge on any atom is -0.462 e. The molecular weight excluding hydrogens is 525 g/mol. The van der Waals surface area contributed by atoms with E-state index < -0.39 is 5.68 Å². The Kier molecular flexibility index (Phi) is 8.08. The predicted molar refractivity (Wildman–Crippen MR) is 163 cm³/mol. The molecule has 4 aliphatic rings. The van der Waals surface area contributed by atoms with E-state index in [-0.39, 0.29) is 30.1 Å². The Hall–Kier alpha value is -2.57. The molecule has 1 aromatic carbocycles. The van der Waals surface area contributed by atoms with Gasteiger partial charge in [-0.05, 0) is 104 Å². The molecule has 0 spiro atoms. The van der Waals surface area contributed by atoms with Gasteiger partial charge in [0.1, 0.15) is 18.4 Å². The maximum Gasteiger partial charge on any atom is 0.306 e. The molecule has 2 radical (unpaired) electrons. The second-order valence-corrected chi connectivity index (χ2v) is 14.4. The molecule has 7 heteroatoms. The monoisotopic (exact) mass is 571 g/mol. The highest BCUT2D eigenvalue weighted by Gasteiger charge is 2.62. The first-order valence-electron chi connectivity index (χ1n) is 16.3. The summed E-state index contributed by atoms with van der Waals surface area (Å²) in [4.78, 5) is 39.9. The first-order chi connectivity index (χ1) is 20.1. The van der Waals surface area contributed by atoms with Gasteiger partial charge in [0.2, 0.25) is 0 Å². The van der Waals surface area contributed by atoms with Gasteiger partial charge in [-0.1, -0.05) is 38.8 Å². The number of fused-ring (bicyclic) bond motifs is 6. The van der Waals surface area contributed by atoms with E-state index >= 15 is 0 Å². The lowest BCUT2D eigenvalue weighted by molar-refractivity contribution is -0.188. The third-order valence-electron chi connectivity index (χ3n) is 12.5. The molecule has 0 saturated heterocycles. The summed E-state index contributed by atoms with van der Waals surface area (Å²) in [5.41, 5.74) is 2.11. The molecule has 4 saturated carbocycles. The fourth-order valence-electron chi connectivity index (χ4n) is 10.4. The topological polar surface area (TPSA) is 85.5 Å². The van der Waals surface area contributed by atoms with Crippen molar-refractivity contribution in [3.05, 3.63) is 35.5 Å². The minimum absolute atomic E-state index is 0.0570. The number of carbonyl (C=O) groups is 3. The highest BCUT2D eigenvalue weighted by atomic mass is 16.5. The molecule has 6 nitrogen and oxygen atoms in total. The summed E-state index contributed by atoms with van der Waals surface area (Å²) < 4.78 is 11.8. The van der Waals surface area contributed by atoms with Crippen molar-refractivity contribution in [2.75, 3.05) is 0 Å². The normalized spacial score (nSPS) is 35.6. The number of H-pyrrole nitrogens is 1. The van der Waals surface area contributed by atoms with Gasteiger partial charge in [-0.3, -0.25) is 9.59 Å².